The van der Waals surface area contributed by atoms with E-state index in [9.17, 15) is 9.59 Å². The average Bonchev–Trinajstić information content (AvgIpc) is 3.13. The number of para-hydroxylation sites is 1. The lowest BCUT2D eigenvalue weighted by Crippen LogP contribution is -2.56. The molecule has 0 spiro atoms. The lowest BCUT2D eigenvalue weighted by molar-refractivity contribution is -0.149. The lowest BCUT2D eigenvalue weighted by Gasteiger charge is -2.34. The van der Waals surface area contributed by atoms with Crippen LogP contribution in [0.15, 0.2) is 36.5 Å². The zero-order valence-electron chi connectivity index (χ0n) is 15.0. The molecule has 1 amide bonds. The number of carbonyl (C=O) groups is 2. The molecule has 1 aliphatic rings. The second kappa shape index (κ2) is 7.59. The minimum atomic E-state index is -0.994. The van der Waals surface area contributed by atoms with E-state index >= 15 is 0 Å². The van der Waals surface area contributed by atoms with E-state index in [1.807, 2.05) is 30.3 Å². The Labute approximate surface area is 152 Å². The van der Waals surface area contributed by atoms with Gasteiger partial charge in [0.1, 0.15) is 5.54 Å². The standard InChI is InChI=1S/C19H23N3O4/c1-25-15-13-22(14-9-5-3-6-10-14)21-16(15)17(23)20-19(18(24)26-2)11-7-4-8-12-19/h3,5-6,9-10,13H,4,7-8,11-12H2,1-2H3,(H,20,23). The Kier molecular flexibility index (Phi) is 5.25. The van der Waals surface area contributed by atoms with Crippen molar-refractivity contribution >= 4 is 11.9 Å². The molecule has 7 nitrogen and oxygen atoms in total. The molecule has 1 N–H and O–H groups in total. The van der Waals surface area contributed by atoms with Crippen molar-refractivity contribution in [2.24, 2.45) is 0 Å². The maximum atomic E-state index is 12.9. The number of ether oxygens (including phenoxy) is 2. The van der Waals surface area contributed by atoms with Gasteiger partial charge in [-0.2, -0.15) is 5.10 Å². The van der Waals surface area contributed by atoms with Gasteiger partial charge in [0.2, 0.25) is 0 Å². The number of rotatable bonds is 5. The summed E-state index contributed by atoms with van der Waals surface area (Å²) in [7, 11) is 2.83. The van der Waals surface area contributed by atoms with Crippen LogP contribution in [-0.2, 0) is 9.53 Å². The van der Waals surface area contributed by atoms with Gasteiger partial charge < -0.3 is 14.8 Å². The highest BCUT2D eigenvalue weighted by Crippen LogP contribution is 2.30. The molecule has 138 valence electrons. The number of nitrogens with one attached hydrogen (secondary N) is 1. The number of carbonyl (C=O) groups excluding carboxylic acids is 2. The summed E-state index contributed by atoms with van der Waals surface area (Å²) in [6.45, 7) is 0. The van der Waals surface area contributed by atoms with Crippen LogP contribution in [0, 0.1) is 0 Å². The number of methoxy groups -OCH3 is 2. The first-order valence-corrected chi connectivity index (χ1v) is 8.69. The summed E-state index contributed by atoms with van der Waals surface area (Å²) in [6, 6.07) is 9.44. The quantitative estimate of drug-likeness (QED) is 0.832. The van der Waals surface area contributed by atoms with Crippen LogP contribution in [0.25, 0.3) is 5.69 Å². The number of hydrogen-bond donors (Lipinski definition) is 1. The fourth-order valence-electron chi connectivity index (χ4n) is 3.39. The minimum Gasteiger partial charge on any atom is -0.493 e. The Bertz CT molecular complexity index is 779. The molecule has 1 heterocycles. The number of aromatic nitrogens is 2. The first-order valence-electron chi connectivity index (χ1n) is 8.69. The van der Waals surface area contributed by atoms with Crippen molar-refractivity contribution in [1.82, 2.24) is 15.1 Å². The predicted molar refractivity (Wildman–Crippen MR) is 95.4 cm³/mol. The van der Waals surface area contributed by atoms with Crippen LogP contribution in [0.4, 0.5) is 0 Å². The van der Waals surface area contributed by atoms with Gasteiger partial charge in [0.05, 0.1) is 26.1 Å². The highest BCUT2D eigenvalue weighted by Gasteiger charge is 2.42. The molecule has 0 bridgehead atoms. The predicted octanol–water partition coefficient (Wildman–Crippen LogP) is 2.49. The zero-order valence-corrected chi connectivity index (χ0v) is 15.0. The Balaban J connectivity index is 1.89. The van der Waals surface area contributed by atoms with Gasteiger partial charge in [0, 0.05) is 0 Å². The maximum Gasteiger partial charge on any atom is 0.331 e. The van der Waals surface area contributed by atoms with Crippen LogP contribution in [-0.4, -0.2) is 41.4 Å². The number of hydrogen-bond acceptors (Lipinski definition) is 5. The molecule has 0 radical (unpaired) electrons. The molecule has 1 aromatic heterocycles. The molecule has 1 fully saturated rings. The van der Waals surface area contributed by atoms with Crippen LogP contribution in [0.1, 0.15) is 42.6 Å². The second-order valence-corrected chi connectivity index (χ2v) is 6.41. The number of amides is 1. The van der Waals surface area contributed by atoms with Crippen molar-refractivity contribution in [3.63, 3.8) is 0 Å². The molecule has 0 unspecified atom stereocenters. The lowest BCUT2D eigenvalue weighted by atomic mass is 9.81. The van der Waals surface area contributed by atoms with E-state index in [1.54, 1.807) is 10.9 Å². The molecular formula is C19H23N3O4. The second-order valence-electron chi connectivity index (χ2n) is 6.41. The van der Waals surface area contributed by atoms with Crippen LogP contribution in [0.3, 0.4) is 0 Å². The Hall–Kier alpha value is -2.83. The van der Waals surface area contributed by atoms with E-state index in [2.05, 4.69) is 10.4 Å². The normalized spacial score (nSPS) is 15.9. The van der Waals surface area contributed by atoms with Gasteiger partial charge in [-0.05, 0) is 25.0 Å². The molecule has 2 aromatic rings. The van der Waals surface area contributed by atoms with Crippen molar-refractivity contribution in [2.75, 3.05) is 14.2 Å². The van der Waals surface area contributed by atoms with Crippen molar-refractivity contribution in [3.8, 4) is 11.4 Å². The molecule has 1 aromatic carbocycles. The molecule has 1 aliphatic carbocycles. The SMILES string of the molecule is COC(=O)C1(NC(=O)c2nn(-c3ccccc3)cc2OC)CCCCC1. The van der Waals surface area contributed by atoms with Gasteiger partial charge in [0.15, 0.2) is 11.4 Å². The van der Waals surface area contributed by atoms with E-state index in [1.165, 1.54) is 14.2 Å². The summed E-state index contributed by atoms with van der Waals surface area (Å²) < 4.78 is 11.9. The van der Waals surface area contributed by atoms with Gasteiger partial charge >= 0.3 is 5.97 Å². The van der Waals surface area contributed by atoms with Crippen molar-refractivity contribution < 1.29 is 19.1 Å². The largest absolute Gasteiger partial charge is 0.493 e. The average molecular weight is 357 g/mol. The highest BCUT2D eigenvalue weighted by atomic mass is 16.5. The molecule has 26 heavy (non-hydrogen) atoms. The molecule has 3 rings (SSSR count). The zero-order chi connectivity index (χ0) is 18.6. The van der Waals surface area contributed by atoms with E-state index in [0.29, 0.717) is 18.6 Å². The van der Waals surface area contributed by atoms with E-state index in [4.69, 9.17) is 9.47 Å². The summed E-state index contributed by atoms with van der Waals surface area (Å²) in [5.41, 5.74) is -0.0403. The van der Waals surface area contributed by atoms with Gasteiger partial charge in [-0.1, -0.05) is 37.5 Å². The molecule has 0 saturated heterocycles. The molecular weight excluding hydrogens is 334 g/mol. The van der Waals surface area contributed by atoms with Crippen molar-refractivity contribution in [3.05, 3.63) is 42.2 Å². The Morgan fingerprint density at radius 2 is 1.81 bits per heavy atom. The van der Waals surface area contributed by atoms with Crippen molar-refractivity contribution in [1.29, 1.82) is 0 Å². The molecule has 0 atom stereocenters. The first kappa shape index (κ1) is 18.0. The van der Waals surface area contributed by atoms with E-state index in [-0.39, 0.29) is 5.69 Å². The summed E-state index contributed by atoms with van der Waals surface area (Å²) in [6.07, 6.45) is 5.55. The number of esters is 1. The van der Waals surface area contributed by atoms with Crippen LogP contribution in [0.5, 0.6) is 5.75 Å². The van der Waals surface area contributed by atoms with Crippen molar-refractivity contribution in [2.45, 2.75) is 37.6 Å². The number of nitrogens with zero attached hydrogens (tertiary/aromatic N) is 2. The monoisotopic (exact) mass is 357 g/mol. The topological polar surface area (TPSA) is 82.5 Å². The summed E-state index contributed by atoms with van der Waals surface area (Å²) in [5.74, 6) is -0.502. The van der Waals surface area contributed by atoms with Crippen LogP contribution in [0.2, 0.25) is 0 Å². The summed E-state index contributed by atoms with van der Waals surface area (Å²) in [5, 5.41) is 7.23. The molecule has 7 heteroatoms. The fourth-order valence-corrected chi connectivity index (χ4v) is 3.39. The van der Waals surface area contributed by atoms with E-state index in [0.717, 1.165) is 24.9 Å². The highest BCUT2D eigenvalue weighted by molar-refractivity contribution is 5.98. The Morgan fingerprint density at radius 3 is 2.42 bits per heavy atom. The first-order chi connectivity index (χ1) is 12.6. The van der Waals surface area contributed by atoms with Gasteiger partial charge in [0.25, 0.3) is 5.91 Å². The molecule has 0 aliphatic heterocycles. The van der Waals surface area contributed by atoms with Gasteiger partial charge in [-0.25, -0.2) is 9.48 Å². The van der Waals surface area contributed by atoms with Gasteiger partial charge in [-0.3, -0.25) is 4.79 Å². The molecule has 1 saturated carbocycles. The Morgan fingerprint density at radius 1 is 1.12 bits per heavy atom. The third kappa shape index (κ3) is 3.42. The third-order valence-corrected chi connectivity index (χ3v) is 4.77. The summed E-state index contributed by atoms with van der Waals surface area (Å²) in [4.78, 5) is 25.2. The minimum absolute atomic E-state index is 0.144. The number of benzene rings is 1. The van der Waals surface area contributed by atoms with E-state index < -0.39 is 17.4 Å². The van der Waals surface area contributed by atoms with Gasteiger partial charge in [-0.15, -0.1) is 0 Å². The fraction of sp³-hybridized carbons (Fsp3) is 0.421. The maximum absolute atomic E-state index is 12.9. The van der Waals surface area contributed by atoms with Crippen LogP contribution >= 0.6 is 0 Å². The summed E-state index contributed by atoms with van der Waals surface area (Å²) >= 11 is 0. The smallest absolute Gasteiger partial charge is 0.331 e. The van der Waals surface area contributed by atoms with Crippen LogP contribution < -0.4 is 10.1 Å². The third-order valence-electron chi connectivity index (χ3n) is 4.77.